The van der Waals surface area contributed by atoms with Crippen LogP contribution >= 0.6 is 0 Å². The monoisotopic (exact) mass is 383 g/mol. The van der Waals surface area contributed by atoms with Gasteiger partial charge in [-0.15, -0.1) is 0 Å². The third-order valence-corrected chi connectivity index (χ3v) is 4.82. The molecule has 0 unspecified atom stereocenters. The summed E-state index contributed by atoms with van der Waals surface area (Å²) in [6, 6.07) is 7.89. The average molecular weight is 383 g/mol. The van der Waals surface area contributed by atoms with Gasteiger partial charge >= 0.3 is 5.97 Å². The summed E-state index contributed by atoms with van der Waals surface area (Å²) < 4.78 is 0. The number of aliphatic carboxylic acids is 1. The van der Waals surface area contributed by atoms with E-state index in [1.807, 2.05) is 29.2 Å². The Balaban J connectivity index is 1.45. The highest BCUT2D eigenvalue weighted by Gasteiger charge is 2.17. The quantitative estimate of drug-likeness (QED) is 0.513. The Labute approximate surface area is 160 Å². The van der Waals surface area contributed by atoms with Crippen LogP contribution in [0.5, 0.6) is 0 Å². The van der Waals surface area contributed by atoms with Crippen LogP contribution in [0.1, 0.15) is 6.42 Å². The van der Waals surface area contributed by atoms with Crippen LogP contribution in [0, 0.1) is 0 Å². The van der Waals surface area contributed by atoms with Gasteiger partial charge in [-0.05, 0) is 30.7 Å². The minimum absolute atomic E-state index is 0.0863. The van der Waals surface area contributed by atoms with Crippen molar-refractivity contribution in [2.45, 2.75) is 6.42 Å². The second kappa shape index (κ2) is 7.69. The van der Waals surface area contributed by atoms with Crippen molar-refractivity contribution in [3.63, 3.8) is 0 Å². The lowest BCUT2D eigenvalue weighted by Gasteiger charge is -2.23. The van der Waals surface area contributed by atoms with E-state index in [2.05, 4.69) is 30.6 Å². The fraction of sp³-hybridized carbons (Fsp3) is 0.333. The number of hydrogen-bond donors (Lipinski definition) is 4. The van der Waals surface area contributed by atoms with Crippen LogP contribution in [0.15, 0.2) is 35.3 Å². The molecule has 0 saturated carbocycles. The minimum Gasteiger partial charge on any atom is -0.480 e. The van der Waals surface area contributed by atoms with Gasteiger partial charge in [-0.25, -0.2) is 5.10 Å². The van der Waals surface area contributed by atoms with Gasteiger partial charge in [0.15, 0.2) is 5.82 Å². The maximum atomic E-state index is 12.0. The van der Waals surface area contributed by atoms with E-state index in [9.17, 15) is 9.59 Å². The molecule has 2 aromatic heterocycles. The third-order valence-electron chi connectivity index (χ3n) is 4.82. The second-order valence-electron chi connectivity index (χ2n) is 6.74. The highest BCUT2D eigenvalue weighted by Crippen LogP contribution is 2.23. The molecule has 0 radical (unpaired) electrons. The average Bonchev–Trinajstić information content (AvgIpc) is 2.94. The topological polar surface area (TPSA) is 130 Å². The molecule has 10 nitrogen and oxygen atoms in total. The van der Waals surface area contributed by atoms with Gasteiger partial charge < -0.3 is 15.3 Å². The Morgan fingerprint density at radius 2 is 1.96 bits per heavy atom. The molecule has 0 spiro atoms. The predicted molar refractivity (Wildman–Crippen MR) is 105 cm³/mol. The summed E-state index contributed by atoms with van der Waals surface area (Å²) in [7, 11) is 0. The number of H-pyrrole nitrogens is 2. The van der Waals surface area contributed by atoms with Gasteiger partial charge in [0.1, 0.15) is 5.39 Å². The number of hydrogen-bond acceptors (Lipinski definition) is 7. The van der Waals surface area contributed by atoms with Gasteiger partial charge in [-0.2, -0.15) is 10.2 Å². The standard InChI is InChI=1S/C18H21N7O3/c26-15(27)11-24-6-1-7-25(9-8-24)13-4-2-12(3-5-13)20-17-16-14(21-22-17)10-19-23-18(16)28/h2-5,10H,1,6-9,11H2,(H,23,28)(H,26,27)(H2,20,21,22). The van der Waals surface area contributed by atoms with E-state index in [-0.39, 0.29) is 12.1 Å². The van der Waals surface area contributed by atoms with Crippen LogP contribution in [-0.2, 0) is 4.79 Å². The lowest BCUT2D eigenvalue weighted by Crippen LogP contribution is -2.34. The molecule has 146 valence electrons. The number of carboxylic acids is 1. The predicted octanol–water partition coefficient (Wildman–Crippen LogP) is 0.986. The van der Waals surface area contributed by atoms with Gasteiger partial charge in [0.05, 0.1) is 18.3 Å². The number of aromatic nitrogens is 4. The van der Waals surface area contributed by atoms with Crippen molar-refractivity contribution in [3.05, 3.63) is 40.8 Å². The van der Waals surface area contributed by atoms with Crippen LogP contribution in [0.3, 0.4) is 0 Å². The Bertz CT molecular complexity index is 1030. The van der Waals surface area contributed by atoms with Gasteiger partial charge in [-0.1, -0.05) is 0 Å². The zero-order valence-electron chi connectivity index (χ0n) is 15.2. The molecule has 28 heavy (non-hydrogen) atoms. The van der Waals surface area contributed by atoms with Crippen molar-refractivity contribution in [1.29, 1.82) is 0 Å². The maximum Gasteiger partial charge on any atom is 0.317 e. The number of nitrogens with one attached hydrogen (secondary N) is 3. The summed E-state index contributed by atoms with van der Waals surface area (Å²) in [6.07, 6.45) is 2.44. The smallest absolute Gasteiger partial charge is 0.317 e. The van der Waals surface area contributed by atoms with Crippen molar-refractivity contribution in [2.24, 2.45) is 0 Å². The largest absolute Gasteiger partial charge is 0.480 e. The molecule has 0 bridgehead atoms. The minimum atomic E-state index is -0.788. The number of nitrogens with zero attached hydrogens (tertiary/aromatic N) is 4. The summed E-state index contributed by atoms with van der Waals surface area (Å²) in [5.41, 5.74) is 2.16. The molecule has 1 fully saturated rings. The number of anilines is 3. The lowest BCUT2D eigenvalue weighted by molar-refractivity contribution is -0.138. The van der Waals surface area contributed by atoms with Crippen molar-refractivity contribution < 1.29 is 9.90 Å². The molecule has 1 aliphatic rings. The SMILES string of the molecule is O=C(O)CN1CCCN(c2ccc(Nc3n[nH]c4cn[nH]c(=O)c34)cc2)CC1. The molecule has 0 aliphatic carbocycles. The Hall–Kier alpha value is -3.40. The first-order valence-corrected chi connectivity index (χ1v) is 9.08. The molecular weight excluding hydrogens is 362 g/mol. The van der Waals surface area contributed by atoms with Crippen molar-refractivity contribution in [3.8, 4) is 0 Å². The molecule has 10 heteroatoms. The first-order chi connectivity index (χ1) is 13.6. The summed E-state index contributed by atoms with van der Waals surface area (Å²) in [4.78, 5) is 27.1. The van der Waals surface area contributed by atoms with Crippen molar-refractivity contribution in [2.75, 3.05) is 42.9 Å². The summed E-state index contributed by atoms with van der Waals surface area (Å²) in [6.45, 7) is 3.27. The number of fused-ring (bicyclic) bond motifs is 1. The molecule has 0 amide bonds. The molecule has 1 saturated heterocycles. The second-order valence-corrected chi connectivity index (χ2v) is 6.74. The lowest BCUT2D eigenvalue weighted by atomic mass is 10.2. The van der Waals surface area contributed by atoms with Crippen LogP contribution in [-0.4, -0.2) is 69.1 Å². The molecule has 4 rings (SSSR count). The zero-order valence-corrected chi connectivity index (χ0v) is 15.2. The van der Waals surface area contributed by atoms with Crippen molar-refractivity contribution in [1.82, 2.24) is 25.3 Å². The Morgan fingerprint density at radius 3 is 2.75 bits per heavy atom. The summed E-state index contributed by atoms with van der Waals surface area (Å²) in [5.74, 6) is -0.338. The Kier molecular flexibility index (Phi) is 4.94. The van der Waals surface area contributed by atoms with Crippen LogP contribution < -0.4 is 15.8 Å². The fourth-order valence-electron chi connectivity index (χ4n) is 3.45. The third kappa shape index (κ3) is 3.81. The highest BCUT2D eigenvalue weighted by molar-refractivity contribution is 5.89. The number of benzene rings is 1. The van der Waals surface area contributed by atoms with Crippen LogP contribution in [0.4, 0.5) is 17.2 Å². The molecule has 3 heterocycles. The highest BCUT2D eigenvalue weighted by atomic mass is 16.4. The molecular formula is C18H21N7O3. The van der Waals surface area contributed by atoms with Crippen molar-refractivity contribution >= 4 is 34.1 Å². The molecule has 4 N–H and O–H groups in total. The maximum absolute atomic E-state index is 12.0. The van der Waals surface area contributed by atoms with E-state index in [1.54, 1.807) is 0 Å². The summed E-state index contributed by atoms with van der Waals surface area (Å²) in [5, 5.41) is 25.6. The van der Waals surface area contributed by atoms with Gasteiger partial charge in [-0.3, -0.25) is 19.6 Å². The van der Waals surface area contributed by atoms with Gasteiger partial charge in [0, 0.05) is 37.6 Å². The van der Waals surface area contributed by atoms with Crippen LogP contribution in [0.2, 0.25) is 0 Å². The number of carbonyl (C=O) groups is 1. The molecule has 3 aromatic rings. The summed E-state index contributed by atoms with van der Waals surface area (Å²) >= 11 is 0. The van der Waals surface area contributed by atoms with E-state index in [0.717, 1.165) is 44.0 Å². The van der Waals surface area contributed by atoms with E-state index >= 15 is 0 Å². The first kappa shape index (κ1) is 18.0. The Morgan fingerprint density at radius 1 is 1.14 bits per heavy atom. The molecule has 1 aliphatic heterocycles. The van der Waals surface area contributed by atoms with E-state index in [1.165, 1.54) is 6.20 Å². The number of rotatable bonds is 5. The van der Waals surface area contributed by atoms with E-state index in [4.69, 9.17) is 5.11 Å². The van der Waals surface area contributed by atoms with E-state index < -0.39 is 5.97 Å². The first-order valence-electron chi connectivity index (χ1n) is 9.08. The molecule has 0 atom stereocenters. The fourth-order valence-corrected chi connectivity index (χ4v) is 3.45. The van der Waals surface area contributed by atoms with E-state index in [0.29, 0.717) is 16.7 Å². The number of carboxylic acid groups (broad SMARTS) is 1. The van der Waals surface area contributed by atoms with Gasteiger partial charge in [0.25, 0.3) is 5.56 Å². The zero-order chi connectivity index (χ0) is 19.5. The normalized spacial score (nSPS) is 15.5. The van der Waals surface area contributed by atoms with Gasteiger partial charge in [0.2, 0.25) is 0 Å². The van der Waals surface area contributed by atoms with Crippen LogP contribution in [0.25, 0.3) is 10.9 Å². The number of aromatic amines is 2. The molecule has 1 aromatic carbocycles.